The fourth-order valence-corrected chi connectivity index (χ4v) is 1.62. The Morgan fingerprint density at radius 2 is 2.10 bits per heavy atom. The molecule has 1 aromatic rings. The van der Waals surface area contributed by atoms with E-state index < -0.39 is 0 Å². The van der Waals surface area contributed by atoms with E-state index in [1.807, 2.05) is 12.1 Å². The molecule has 0 amide bonds. The van der Waals surface area contributed by atoms with Crippen LogP contribution in [-0.4, -0.2) is 30.6 Å². The maximum Gasteiger partial charge on any atom is 0.218 e. The highest BCUT2D eigenvalue weighted by molar-refractivity contribution is 5.79. The summed E-state index contributed by atoms with van der Waals surface area (Å²) in [6, 6.07) is 3.92. The van der Waals surface area contributed by atoms with Gasteiger partial charge in [0.1, 0.15) is 0 Å². The fourth-order valence-electron chi connectivity index (χ4n) is 1.62. The molecule has 0 aliphatic carbocycles. The van der Waals surface area contributed by atoms with E-state index in [9.17, 15) is 0 Å². The first-order chi connectivity index (χ1) is 9.81. The van der Waals surface area contributed by atoms with E-state index >= 15 is 0 Å². The van der Waals surface area contributed by atoms with Gasteiger partial charge in [-0.05, 0) is 25.8 Å². The van der Waals surface area contributed by atoms with Gasteiger partial charge in [-0.25, -0.2) is 9.98 Å². The average Bonchev–Trinajstić information content (AvgIpc) is 2.48. The summed E-state index contributed by atoms with van der Waals surface area (Å²) in [4.78, 5) is 8.83. The van der Waals surface area contributed by atoms with E-state index in [0.29, 0.717) is 19.0 Å². The first-order valence-corrected chi connectivity index (χ1v) is 7.40. The monoisotopic (exact) mass is 278 g/mol. The Morgan fingerprint density at radius 3 is 2.80 bits per heavy atom. The van der Waals surface area contributed by atoms with Crippen molar-refractivity contribution >= 4 is 5.96 Å². The minimum absolute atomic E-state index is 0.561. The molecule has 1 heterocycles. The maximum absolute atomic E-state index is 5.64. The summed E-state index contributed by atoms with van der Waals surface area (Å²) in [5.41, 5.74) is 1.01. The van der Waals surface area contributed by atoms with Crippen molar-refractivity contribution in [2.75, 3.05) is 19.7 Å². The van der Waals surface area contributed by atoms with Gasteiger partial charge in [-0.3, -0.25) is 0 Å². The van der Waals surface area contributed by atoms with Crippen molar-refractivity contribution in [2.45, 2.75) is 40.2 Å². The van der Waals surface area contributed by atoms with E-state index in [2.05, 4.69) is 41.4 Å². The number of aromatic nitrogens is 1. The van der Waals surface area contributed by atoms with E-state index in [1.54, 1.807) is 6.20 Å². The highest BCUT2D eigenvalue weighted by Gasteiger charge is 2.04. The average molecular weight is 278 g/mol. The lowest BCUT2D eigenvalue weighted by molar-refractivity contribution is 0.302. The Balaban J connectivity index is 2.69. The zero-order chi connectivity index (χ0) is 14.6. The van der Waals surface area contributed by atoms with E-state index in [1.165, 1.54) is 0 Å². The fraction of sp³-hybridized carbons (Fsp3) is 0.600. The lowest BCUT2D eigenvalue weighted by atomic mass is 10.3. The van der Waals surface area contributed by atoms with Crippen LogP contribution in [0.2, 0.25) is 0 Å². The number of aliphatic imine (C=N–C) groups is 1. The largest absolute Gasteiger partial charge is 0.477 e. The van der Waals surface area contributed by atoms with Crippen LogP contribution >= 0.6 is 0 Å². The minimum atomic E-state index is 0.561. The highest BCUT2D eigenvalue weighted by atomic mass is 16.5. The molecule has 0 fully saturated rings. The molecule has 1 rings (SSSR count). The molecular formula is C15H26N4O. The molecule has 0 aliphatic heterocycles. The molecule has 5 nitrogen and oxygen atoms in total. The van der Waals surface area contributed by atoms with Crippen LogP contribution < -0.4 is 15.4 Å². The van der Waals surface area contributed by atoms with Gasteiger partial charge in [0.05, 0.1) is 13.2 Å². The summed E-state index contributed by atoms with van der Waals surface area (Å²) >= 11 is 0. The van der Waals surface area contributed by atoms with Crippen molar-refractivity contribution in [3.05, 3.63) is 23.9 Å². The second-order valence-electron chi connectivity index (χ2n) is 4.44. The Bertz CT molecular complexity index is 407. The third-order valence-corrected chi connectivity index (χ3v) is 2.59. The quantitative estimate of drug-likeness (QED) is 0.566. The third kappa shape index (κ3) is 5.91. The lowest BCUT2D eigenvalue weighted by Gasteiger charge is -2.11. The molecule has 0 saturated carbocycles. The molecule has 0 aliphatic rings. The van der Waals surface area contributed by atoms with Crippen molar-refractivity contribution < 1.29 is 4.74 Å². The number of hydrogen-bond donors (Lipinski definition) is 2. The second kappa shape index (κ2) is 10.1. The lowest BCUT2D eigenvalue weighted by Crippen LogP contribution is -2.37. The first kappa shape index (κ1) is 16.3. The Kier molecular flexibility index (Phi) is 8.19. The predicted octanol–water partition coefficient (Wildman–Crippen LogP) is 2.34. The van der Waals surface area contributed by atoms with Crippen LogP contribution in [0.25, 0.3) is 0 Å². The summed E-state index contributed by atoms with van der Waals surface area (Å²) in [7, 11) is 0. The molecule has 112 valence electrons. The van der Waals surface area contributed by atoms with Crippen molar-refractivity contribution in [3.8, 4) is 5.88 Å². The van der Waals surface area contributed by atoms with Gasteiger partial charge in [-0.2, -0.15) is 0 Å². The van der Waals surface area contributed by atoms with Crippen molar-refractivity contribution in [1.29, 1.82) is 0 Å². The predicted molar refractivity (Wildman–Crippen MR) is 83.1 cm³/mol. The molecule has 0 radical (unpaired) electrons. The molecule has 0 saturated heterocycles. The van der Waals surface area contributed by atoms with Crippen LogP contribution in [0.4, 0.5) is 0 Å². The summed E-state index contributed by atoms with van der Waals surface area (Å²) in [5.74, 6) is 1.52. The van der Waals surface area contributed by atoms with Crippen molar-refractivity contribution in [3.63, 3.8) is 0 Å². The molecule has 0 aromatic carbocycles. The molecule has 0 spiro atoms. The zero-order valence-electron chi connectivity index (χ0n) is 12.8. The molecule has 20 heavy (non-hydrogen) atoms. The SMILES string of the molecule is CCCNC(=NCc1cccnc1OCCC)NCC. The van der Waals surface area contributed by atoms with Crippen LogP contribution in [0.15, 0.2) is 23.3 Å². The minimum Gasteiger partial charge on any atom is -0.477 e. The van der Waals surface area contributed by atoms with E-state index in [0.717, 1.165) is 37.5 Å². The van der Waals surface area contributed by atoms with Gasteiger partial charge < -0.3 is 15.4 Å². The Hall–Kier alpha value is -1.78. The van der Waals surface area contributed by atoms with Gasteiger partial charge in [-0.1, -0.05) is 19.9 Å². The number of nitrogens with zero attached hydrogens (tertiary/aromatic N) is 2. The van der Waals surface area contributed by atoms with Crippen molar-refractivity contribution in [1.82, 2.24) is 15.6 Å². The summed E-state index contributed by atoms with van der Waals surface area (Å²) < 4.78 is 5.64. The topological polar surface area (TPSA) is 58.5 Å². The molecule has 0 bridgehead atoms. The molecule has 1 aromatic heterocycles. The van der Waals surface area contributed by atoms with Gasteiger partial charge in [0.25, 0.3) is 0 Å². The third-order valence-electron chi connectivity index (χ3n) is 2.59. The molecule has 0 atom stereocenters. The summed E-state index contributed by atoms with van der Waals surface area (Å²) in [5, 5.41) is 6.51. The summed E-state index contributed by atoms with van der Waals surface area (Å²) in [6.07, 6.45) is 3.79. The Labute approximate surface area is 121 Å². The van der Waals surface area contributed by atoms with Gasteiger partial charge in [0, 0.05) is 24.8 Å². The number of ether oxygens (including phenoxy) is 1. The molecule has 5 heteroatoms. The number of rotatable bonds is 8. The summed E-state index contributed by atoms with van der Waals surface area (Å²) in [6.45, 7) is 9.28. The number of guanidine groups is 1. The van der Waals surface area contributed by atoms with Gasteiger partial charge >= 0.3 is 0 Å². The van der Waals surface area contributed by atoms with Gasteiger partial charge in [-0.15, -0.1) is 0 Å². The van der Waals surface area contributed by atoms with Crippen LogP contribution in [0.1, 0.15) is 39.2 Å². The number of hydrogen-bond acceptors (Lipinski definition) is 3. The van der Waals surface area contributed by atoms with Crippen LogP contribution in [0.3, 0.4) is 0 Å². The van der Waals surface area contributed by atoms with E-state index in [-0.39, 0.29) is 0 Å². The normalized spacial score (nSPS) is 11.2. The van der Waals surface area contributed by atoms with Crippen LogP contribution in [-0.2, 0) is 6.54 Å². The zero-order valence-corrected chi connectivity index (χ0v) is 12.8. The maximum atomic E-state index is 5.64. The number of nitrogens with one attached hydrogen (secondary N) is 2. The van der Waals surface area contributed by atoms with Crippen molar-refractivity contribution in [2.24, 2.45) is 4.99 Å². The second-order valence-corrected chi connectivity index (χ2v) is 4.44. The molecule has 2 N–H and O–H groups in total. The molecular weight excluding hydrogens is 252 g/mol. The van der Waals surface area contributed by atoms with Gasteiger partial charge in [0.2, 0.25) is 5.88 Å². The molecule has 0 unspecified atom stereocenters. The highest BCUT2D eigenvalue weighted by Crippen LogP contribution is 2.15. The Morgan fingerprint density at radius 1 is 1.25 bits per heavy atom. The smallest absolute Gasteiger partial charge is 0.218 e. The van der Waals surface area contributed by atoms with Gasteiger partial charge in [0.15, 0.2) is 5.96 Å². The first-order valence-electron chi connectivity index (χ1n) is 7.40. The number of pyridine rings is 1. The van der Waals surface area contributed by atoms with Crippen LogP contribution in [0, 0.1) is 0 Å². The van der Waals surface area contributed by atoms with Crippen LogP contribution in [0.5, 0.6) is 5.88 Å². The van der Waals surface area contributed by atoms with E-state index in [4.69, 9.17) is 4.74 Å². The standard InChI is InChI=1S/C15H26N4O/c1-4-9-18-15(16-6-3)19-12-13-8-7-10-17-14(13)20-11-5-2/h7-8,10H,4-6,9,11-12H2,1-3H3,(H2,16,18,19).